The van der Waals surface area contributed by atoms with E-state index in [-0.39, 0.29) is 6.03 Å². The summed E-state index contributed by atoms with van der Waals surface area (Å²) in [6.07, 6.45) is 4.54. The van der Waals surface area contributed by atoms with Crippen LogP contribution in [0, 0.1) is 11.3 Å². The van der Waals surface area contributed by atoms with E-state index in [1.165, 1.54) is 30.1 Å². The minimum Gasteiger partial charge on any atom is -0.493 e. The van der Waals surface area contributed by atoms with Gasteiger partial charge in [-0.15, -0.1) is 0 Å². The lowest BCUT2D eigenvalue weighted by Gasteiger charge is -2.46. The molecular formula is C27H35N5O2S. The van der Waals surface area contributed by atoms with Gasteiger partial charge in [-0.05, 0) is 68.3 Å². The summed E-state index contributed by atoms with van der Waals surface area (Å²) in [4.78, 5) is 17.5. The normalized spacial score (nSPS) is 18.3. The Hall–Kier alpha value is -2.71. The Balaban J connectivity index is 1.12. The number of nitrogens with zero attached hydrogens (tertiary/aromatic N) is 4. The molecule has 0 unspecified atom stereocenters. The number of amides is 2. The molecule has 2 aliphatic heterocycles. The molecule has 7 nitrogen and oxygen atoms in total. The van der Waals surface area contributed by atoms with Crippen LogP contribution in [0.2, 0.25) is 0 Å². The summed E-state index contributed by atoms with van der Waals surface area (Å²) in [7, 11) is 0. The molecule has 0 bridgehead atoms. The number of rotatable bonds is 6. The third-order valence-electron chi connectivity index (χ3n) is 7.49. The highest BCUT2D eigenvalue weighted by atomic mass is 32.1. The van der Waals surface area contributed by atoms with E-state index in [9.17, 15) is 4.79 Å². The number of carbonyl (C=O) groups excluding carboxylic acids is 1. The molecule has 35 heavy (non-hydrogen) atoms. The molecule has 2 fully saturated rings. The van der Waals surface area contributed by atoms with Crippen LogP contribution in [-0.2, 0) is 6.54 Å². The van der Waals surface area contributed by atoms with E-state index in [1.54, 1.807) is 0 Å². The van der Waals surface area contributed by atoms with Gasteiger partial charge in [0.2, 0.25) is 0 Å². The highest BCUT2D eigenvalue weighted by Gasteiger charge is 2.38. The van der Waals surface area contributed by atoms with Crippen molar-refractivity contribution in [2.45, 2.75) is 46.1 Å². The lowest BCUT2D eigenvalue weighted by atomic mass is 9.71. The van der Waals surface area contributed by atoms with E-state index >= 15 is 0 Å². The number of benzene rings is 2. The largest absolute Gasteiger partial charge is 0.493 e. The zero-order valence-corrected chi connectivity index (χ0v) is 21.5. The molecule has 2 aliphatic rings. The van der Waals surface area contributed by atoms with E-state index in [1.807, 2.05) is 23.1 Å². The number of piperidine rings is 2. The summed E-state index contributed by atoms with van der Waals surface area (Å²) in [5.41, 5.74) is 3.97. The van der Waals surface area contributed by atoms with Crippen molar-refractivity contribution in [2.75, 3.05) is 38.1 Å². The predicted molar refractivity (Wildman–Crippen MR) is 141 cm³/mol. The molecule has 0 atom stereocenters. The van der Waals surface area contributed by atoms with Gasteiger partial charge >= 0.3 is 6.03 Å². The number of anilines is 1. The van der Waals surface area contributed by atoms with Crippen LogP contribution in [0.5, 0.6) is 5.75 Å². The zero-order valence-electron chi connectivity index (χ0n) is 20.7. The molecule has 0 aliphatic carbocycles. The Morgan fingerprint density at radius 2 is 1.77 bits per heavy atom. The predicted octanol–water partition coefficient (Wildman–Crippen LogP) is 5.64. The van der Waals surface area contributed by atoms with Crippen LogP contribution in [0.1, 0.15) is 45.1 Å². The van der Waals surface area contributed by atoms with Gasteiger partial charge in [0.05, 0.1) is 24.0 Å². The van der Waals surface area contributed by atoms with Crippen molar-refractivity contribution in [3.63, 3.8) is 0 Å². The molecule has 3 aromatic rings. The number of hydrogen-bond donors (Lipinski definition) is 1. The van der Waals surface area contributed by atoms with Gasteiger partial charge in [-0.25, -0.2) is 4.79 Å². The fourth-order valence-corrected chi connectivity index (χ4v) is 5.79. The van der Waals surface area contributed by atoms with Crippen molar-refractivity contribution >= 4 is 34.5 Å². The average Bonchev–Trinajstić information content (AvgIpc) is 3.35. The number of likely N-dealkylation sites (tertiary alicyclic amines) is 2. The van der Waals surface area contributed by atoms with Gasteiger partial charge in [-0.3, -0.25) is 4.90 Å². The molecule has 1 aromatic heterocycles. The minimum atomic E-state index is -0.0317. The van der Waals surface area contributed by atoms with Crippen LogP contribution < -0.4 is 10.1 Å². The van der Waals surface area contributed by atoms with Gasteiger partial charge in [-0.2, -0.15) is 8.75 Å². The number of ether oxygens (including phenoxy) is 1. The molecule has 186 valence electrons. The average molecular weight is 494 g/mol. The monoisotopic (exact) mass is 493 g/mol. The summed E-state index contributed by atoms with van der Waals surface area (Å²) in [6.45, 7) is 9.87. The van der Waals surface area contributed by atoms with Gasteiger partial charge < -0.3 is 15.0 Å². The van der Waals surface area contributed by atoms with Gasteiger partial charge in [0.1, 0.15) is 16.8 Å². The molecule has 5 rings (SSSR count). The van der Waals surface area contributed by atoms with Crippen LogP contribution in [0.15, 0.2) is 42.5 Å². The smallest absolute Gasteiger partial charge is 0.321 e. The van der Waals surface area contributed by atoms with E-state index < -0.39 is 0 Å². The van der Waals surface area contributed by atoms with Crippen LogP contribution in [-0.4, -0.2) is 57.4 Å². The van der Waals surface area contributed by atoms with Gasteiger partial charge in [0, 0.05) is 25.2 Å². The molecule has 8 heteroatoms. The first-order valence-electron chi connectivity index (χ1n) is 12.7. The molecule has 0 radical (unpaired) electrons. The van der Waals surface area contributed by atoms with Crippen LogP contribution in [0.4, 0.5) is 10.5 Å². The molecule has 2 amide bonds. The topological polar surface area (TPSA) is 70.6 Å². The molecule has 1 spiro atoms. The van der Waals surface area contributed by atoms with Crippen molar-refractivity contribution in [3.8, 4) is 5.75 Å². The summed E-state index contributed by atoms with van der Waals surface area (Å²) < 4.78 is 14.7. The maximum absolute atomic E-state index is 12.9. The Morgan fingerprint density at radius 1 is 1.03 bits per heavy atom. The third-order valence-corrected chi connectivity index (χ3v) is 8.04. The summed E-state index contributed by atoms with van der Waals surface area (Å²) in [5, 5.41) is 3.06. The molecule has 2 saturated heterocycles. The summed E-state index contributed by atoms with van der Waals surface area (Å²) in [5.74, 6) is 1.54. The standard InChI is InChI=1S/C27H35N5O2S/c1-20(2)19-34-24-9-4-3-6-21(24)18-31-14-10-27(11-15-31)12-16-32(17-13-27)26(33)28-22-7-5-8-23-25(22)30-35-29-23/h3-9,20H,10-19H2,1-2H3,(H,28,33). The molecule has 1 N–H and O–H groups in total. The fourth-order valence-electron chi connectivity index (χ4n) is 5.24. The van der Waals surface area contributed by atoms with E-state index in [0.717, 1.165) is 74.6 Å². The number of fused-ring (bicyclic) bond motifs is 1. The molecule has 2 aromatic carbocycles. The summed E-state index contributed by atoms with van der Waals surface area (Å²) in [6, 6.07) is 14.1. The molecule has 0 saturated carbocycles. The van der Waals surface area contributed by atoms with E-state index in [0.29, 0.717) is 11.3 Å². The van der Waals surface area contributed by atoms with Crippen molar-refractivity contribution < 1.29 is 9.53 Å². The van der Waals surface area contributed by atoms with Gasteiger partial charge in [0.15, 0.2) is 0 Å². The van der Waals surface area contributed by atoms with Gasteiger partial charge in [0.25, 0.3) is 0 Å². The molecular weight excluding hydrogens is 458 g/mol. The first-order chi connectivity index (χ1) is 17.0. The Bertz CT molecular complexity index is 1150. The molecule has 3 heterocycles. The Morgan fingerprint density at radius 3 is 2.54 bits per heavy atom. The highest BCUT2D eigenvalue weighted by Crippen LogP contribution is 2.42. The Labute approximate surface area is 211 Å². The second kappa shape index (κ2) is 10.5. The van der Waals surface area contributed by atoms with Crippen LogP contribution in [0.3, 0.4) is 0 Å². The van der Waals surface area contributed by atoms with Crippen molar-refractivity contribution in [2.24, 2.45) is 11.3 Å². The lowest BCUT2D eigenvalue weighted by molar-refractivity contribution is 0.0439. The van der Waals surface area contributed by atoms with E-state index in [2.05, 4.69) is 57.1 Å². The van der Waals surface area contributed by atoms with E-state index in [4.69, 9.17) is 4.74 Å². The number of para-hydroxylation sites is 1. The van der Waals surface area contributed by atoms with Crippen molar-refractivity contribution in [1.82, 2.24) is 18.5 Å². The van der Waals surface area contributed by atoms with Gasteiger partial charge in [-0.1, -0.05) is 38.1 Å². The maximum atomic E-state index is 12.9. The highest BCUT2D eigenvalue weighted by molar-refractivity contribution is 7.00. The Kier molecular flexibility index (Phi) is 7.20. The first-order valence-corrected chi connectivity index (χ1v) is 13.4. The van der Waals surface area contributed by atoms with Crippen molar-refractivity contribution in [1.29, 1.82) is 0 Å². The fraction of sp³-hybridized carbons (Fsp3) is 0.519. The second-order valence-corrected chi connectivity index (χ2v) is 11.0. The first kappa shape index (κ1) is 24.0. The maximum Gasteiger partial charge on any atom is 0.321 e. The van der Waals surface area contributed by atoms with Crippen molar-refractivity contribution in [3.05, 3.63) is 48.0 Å². The number of carbonyl (C=O) groups is 1. The number of hydrogen-bond acceptors (Lipinski definition) is 6. The number of nitrogens with one attached hydrogen (secondary N) is 1. The lowest BCUT2D eigenvalue weighted by Crippen LogP contribution is -2.49. The van der Waals surface area contributed by atoms with Crippen LogP contribution in [0.25, 0.3) is 11.0 Å². The minimum absolute atomic E-state index is 0.0317. The summed E-state index contributed by atoms with van der Waals surface area (Å²) >= 11 is 1.17. The number of aromatic nitrogens is 2. The third kappa shape index (κ3) is 5.59. The van der Waals surface area contributed by atoms with Crippen LogP contribution >= 0.6 is 11.7 Å². The number of urea groups is 1. The zero-order chi connectivity index (χ0) is 24.3. The second-order valence-electron chi connectivity index (χ2n) is 10.4. The quantitative estimate of drug-likeness (QED) is 0.481. The SMILES string of the molecule is CC(C)COc1ccccc1CN1CCC2(CC1)CCN(C(=O)Nc1cccc3nsnc13)CC2.